The molecule has 0 bridgehead atoms. The lowest BCUT2D eigenvalue weighted by molar-refractivity contribution is -0.274. The minimum atomic E-state index is -4.71. The van der Waals surface area contributed by atoms with Crippen LogP contribution in [0.25, 0.3) is 0 Å². The second kappa shape index (κ2) is 8.54. The number of aryl methyl sites for hydroxylation is 1. The van der Waals surface area contributed by atoms with Gasteiger partial charge in [-0.05, 0) is 79.1 Å². The number of hydrogen-bond donors (Lipinski definition) is 1. The monoisotopic (exact) mass is 432 g/mol. The van der Waals surface area contributed by atoms with Crippen LogP contribution in [-0.4, -0.2) is 30.3 Å². The molecule has 2 aromatic rings. The number of benzene rings is 2. The van der Waals surface area contributed by atoms with E-state index in [2.05, 4.69) is 29.1 Å². The van der Waals surface area contributed by atoms with Crippen LogP contribution in [0.5, 0.6) is 5.75 Å². The van der Waals surface area contributed by atoms with Crippen LogP contribution >= 0.6 is 0 Å². The lowest BCUT2D eigenvalue weighted by Crippen LogP contribution is -2.30. The number of nitrogens with zero attached hydrogens (tertiary/aromatic N) is 1. The van der Waals surface area contributed by atoms with Crippen LogP contribution in [0.2, 0.25) is 0 Å². The lowest BCUT2D eigenvalue weighted by atomic mass is 9.80. The Hall–Kier alpha value is -2.54. The number of halogens is 3. The molecule has 1 saturated heterocycles. The zero-order valence-electron chi connectivity index (χ0n) is 17.8. The van der Waals surface area contributed by atoms with Crippen molar-refractivity contribution in [2.45, 2.75) is 52.1 Å². The van der Waals surface area contributed by atoms with Gasteiger partial charge in [0.15, 0.2) is 0 Å². The summed E-state index contributed by atoms with van der Waals surface area (Å²) in [5.74, 6) is 0.796. The first-order chi connectivity index (χ1) is 14.7. The van der Waals surface area contributed by atoms with Crippen molar-refractivity contribution in [3.8, 4) is 5.75 Å². The van der Waals surface area contributed by atoms with Crippen LogP contribution < -0.4 is 10.1 Å². The Morgan fingerprint density at radius 2 is 1.84 bits per heavy atom. The molecule has 2 heterocycles. The molecule has 166 valence electrons. The molecule has 31 heavy (non-hydrogen) atoms. The van der Waals surface area contributed by atoms with Crippen LogP contribution in [0.1, 0.15) is 58.3 Å². The molecule has 1 fully saturated rings. The van der Waals surface area contributed by atoms with Crippen molar-refractivity contribution in [1.29, 1.82) is 0 Å². The van der Waals surface area contributed by atoms with Gasteiger partial charge in [0, 0.05) is 18.7 Å². The first-order valence-corrected chi connectivity index (χ1v) is 10.7. The molecule has 0 spiro atoms. The number of nitrogens with one attached hydrogen (secondary N) is 1. The van der Waals surface area contributed by atoms with E-state index in [-0.39, 0.29) is 11.7 Å². The molecule has 1 amide bonds. The maximum Gasteiger partial charge on any atom is 0.573 e. The molecule has 7 heteroatoms. The summed E-state index contributed by atoms with van der Waals surface area (Å²) in [6.45, 7) is 7.23. The summed E-state index contributed by atoms with van der Waals surface area (Å²) in [6, 6.07) is 10.0. The fourth-order valence-electron chi connectivity index (χ4n) is 4.78. The number of ether oxygens (including phenoxy) is 1. The Balaban J connectivity index is 1.48. The van der Waals surface area contributed by atoms with Gasteiger partial charge in [0.1, 0.15) is 5.75 Å². The molecule has 2 aliphatic rings. The molecule has 0 saturated carbocycles. The average Bonchev–Trinajstić information content (AvgIpc) is 3.04. The number of alkyl halides is 3. The van der Waals surface area contributed by atoms with Crippen molar-refractivity contribution in [1.82, 2.24) is 10.2 Å². The largest absolute Gasteiger partial charge is 0.573 e. The molecule has 2 aromatic carbocycles. The van der Waals surface area contributed by atoms with E-state index < -0.39 is 6.36 Å². The Bertz CT molecular complexity index is 951. The van der Waals surface area contributed by atoms with Gasteiger partial charge in [0.2, 0.25) is 0 Å². The van der Waals surface area contributed by atoms with Crippen molar-refractivity contribution in [3.05, 3.63) is 64.2 Å². The Morgan fingerprint density at radius 1 is 1.16 bits per heavy atom. The zero-order chi connectivity index (χ0) is 22.2. The second-order valence-corrected chi connectivity index (χ2v) is 8.60. The van der Waals surface area contributed by atoms with Gasteiger partial charge in [-0.3, -0.25) is 4.79 Å². The first-order valence-electron chi connectivity index (χ1n) is 10.7. The highest BCUT2D eigenvalue weighted by atomic mass is 19.4. The Kier molecular flexibility index (Phi) is 5.97. The summed E-state index contributed by atoms with van der Waals surface area (Å²) in [4.78, 5) is 14.7. The SMILES string of the molecule is Cc1cc(C(C)C2CCNCC2)cc2c1C(=O)N(Cc1ccc(OC(F)(F)F)cc1)C2. The smallest absolute Gasteiger partial charge is 0.406 e. The van der Waals surface area contributed by atoms with Crippen molar-refractivity contribution in [2.24, 2.45) is 5.92 Å². The van der Waals surface area contributed by atoms with Gasteiger partial charge in [0.05, 0.1) is 0 Å². The van der Waals surface area contributed by atoms with E-state index in [1.807, 2.05) is 6.92 Å². The predicted molar refractivity (Wildman–Crippen MR) is 112 cm³/mol. The molecular formula is C24H27F3N2O2. The van der Waals surface area contributed by atoms with Gasteiger partial charge < -0.3 is 15.0 Å². The lowest BCUT2D eigenvalue weighted by Gasteiger charge is -2.29. The van der Waals surface area contributed by atoms with Crippen molar-refractivity contribution in [3.63, 3.8) is 0 Å². The summed E-state index contributed by atoms with van der Waals surface area (Å²) < 4.78 is 40.9. The minimum Gasteiger partial charge on any atom is -0.406 e. The Labute approximate surface area is 180 Å². The van der Waals surface area contributed by atoms with Crippen LogP contribution in [0.3, 0.4) is 0 Å². The maximum absolute atomic E-state index is 13.0. The van der Waals surface area contributed by atoms with Gasteiger partial charge >= 0.3 is 6.36 Å². The molecule has 0 aromatic heterocycles. The molecule has 1 unspecified atom stereocenters. The fraction of sp³-hybridized carbons (Fsp3) is 0.458. The minimum absolute atomic E-state index is 0.0239. The molecule has 4 rings (SSSR count). The summed E-state index contributed by atoms with van der Waals surface area (Å²) in [5, 5.41) is 3.41. The van der Waals surface area contributed by atoms with Crippen molar-refractivity contribution < 1.29 is 22.7 Å². The molecule has 4 nitrogen and oxygen atoms in total. The summed E-state index contributed by atoms with van der Waals surface area (Å²) in [7, 11) is 0. The topological polar surface area (TPSA) is 41.6 Å². The van der Waals surface area contributed by atoms with Crippen LogP contribution in [-0.2, 0) is 13.1 Å². The molecule has 1 atom stereocenters. The molecular weight excluding hydrogens is 405 g/mol. The standard InChI is InChI=1S/C24H27F3N2O2/c1-15-11-19(16(2)18-7-9-28-10-8-18)12-20-14-29(23(30)22(15)20)13-17-3-5-21(6-4-17)31-24(25,26)27/h3-6,11-12,16,18,28H,7-10,13-14H2,1-2H3. The quantitative estimate of drug-likeness (QED) is 0.710. The third kappa shape index (κ3) is 4.87. The first kappa shape index (κ1) is 21.7. The normalized spacial score (nSPS) is 18.2. The van der Waals surface area contributed by atoms with E-state index in [0.717, 1.165) is 48.2 Å². The van der Waals surface area contributed by atoms with Gasteiger partial charge in [-0.25, -0.2) is 0 Å². The van der Waals surface area contributed by atoms with E-state index in [1.54, 1.807) is 17.0 Å². The number of rotatable bonds is 5. The van der Waals surface area contributed by atoms with Crippen LogP contribution in [0.15, 0.2) is 36.4 Å². The van der Waals surface area contributed by atoms with Crippen LogP contribution in [0, 0.1) is 12.8 Å². The average molecular weight is 432 g/mol. The van der Waals surface area contributed by atoms with Gasteiger partial charge in [-0.2, -0.15) is 0 Å². The van der Waals surface area contributed by atoms with E-state index in [1.165, 1.54) is 17.7 Å². The zero-order valence-corrected chi connectivity index (χ0v) is 17.8. The molecule has 0 aliphatic carbocycles. The number of carbonyl (C=O) groups is 1. The highest BCUT2D eigenvalue weighted by Crippen LogP contribution is 2.35. The van der Waals surface area contributed by atoms with E-state index in [0.29, 0.717) is 24.9 Å². The van der Waals surface area contributed by atoms with Gasteiger partial charge in [0.25, 0.3) is 5.91 Å². The summed E-state index contributed by atoms with van der Waals surface area (Å²) in [6.07, 6.45) is -2.39. The van der Waals surface area contributed by atoms with E-state index >= 15 is 0 Å². The molecule has 2 aliphatic heterocycles. The fourth-order valence-corrected chi connectivity index (χ4v) is 4.78. The number of piperidine rings is 1. The third-order valence-corrected chi connectivity index (χ3v) is 6.45. The van der Waals surface area contributed by atoms with E-state index in [4.69, 9.17) is 0 Å². The highest BCUT2D eigenvalue weighted by Gasteiger charge is 2.32. The van der Waals surface area contributed by atoms with E-state index in [9.17, 15) is 18.0 Å². The van der Waals surface area contributed by atoms with Crippen molar-refractivity contribution in [2.75, 3.05) is 13.1 Å². The van der Waals surface area contributed by atoms with Gasteiger partial charge in [-0.15, -0.1) is 13.2 Å². The summed E-state index contributed by atoms with van der Waals surface area (Å²) in [5.41, 5.74) is 4.84. The number of amides is 1. The van der Waals surface area contributed by atoms with Crippen LogP contribution in [0.4, 0.5) is 13.2 Å². The molecule has 1 N–H and O–H groups in total. The molecule has 0 radical (unpaired) electrons. The van der Waals surface area contributed by atoms with Crippen molar-refractivity contribution >= 4 is 5.91 Å². The van der Waals surface area contributed by atoms with Gasteiger partial charge in [-0.1, -0.05) is 31.2 Å². The number of fused-ring (bicyclic) bond motifs is 1. The third-order valence-electron chi connectivity index (χ3n) is 6.45. The highest BCUT2D eigenvalue weighted by molar-refractivity contribution is 5.99. The Morgan fingerprint density at radius 3 is 2.48 bits per heavy atom. The maximum atomic E-state index is 13.0. The number of carbonyl (C=O) groups excluding carboxylic acids is 1. The summed E-state index contributed by atoms with van der Waals surface area (Å²) >= 11 is 0. The predicted octanol–water partition coefficient (Wildman–Crippen LogP) is 5.15. The number of hydrogen-bond acceptors (Lipinski definition) is 3. The second-order valence-electron chi connectivity index (χ2n) is 8.60.